The maximum atomic E-state index is 14.9. The first-order valence-electron chi connectivity index (χ1n) is 12.8. The van der Waals surface area contributed by atoms with Crippen LogP contribution in [0, 0.1) is 23.6 Å². The number of carboxylic acids is 1. The molecule has 0 saturated carbocycles. The Morgan fingerprint density at radius 3 is 2.41 bits per heavy atom. The Bertz CT molecular complexity index is 1690. The maximum absolute atomic E-state index is 14.9. The van der Waals surface area contributed by atoms with Crippen LogP contribution >= 0.6 is 0 Å². The topological polar surface area (TPSA) is 139 Å². The lowest BCUT2D eigenvalue weighted by molar-refractivity contribution is -0.141. The number of halogens is 1. The Morgan fingerprint density at radius 2 is 1.78 bits per heavy atom. The number of nitrogens with one attached hydrogen (secondary N) is 1. The molecule has 2 amide bonds. The lowest BCUT2D eigenvalue weighted by Crippen LogP contribution is -2.45. The van der Waals surface area contributed by atoms with Crippen LogP contribution in [0.1, 0.15) is 52.6 Å². The number of hydrogen-bond acceptors (Lipinski definition) is 6. The van der Waals surface area contributed by atoms with E-state index in [9.17, 15) is 23.9 Å². The molecule has 2 heterocycles. The lowest BCUT2D eigenvalue weighted by atomic mass is 10.0. The minimum Gasteiger partial charge on any atom is -0.480 e. The third kappa shape index (κ3) is 6.54. The highest BCUT2D eigenvalue weighted by molar-refractivity contribution is 6.06. The average molecular weight is 554 g/mol. The zero-order chi connectivity index (χ0) is 29.7. The third-order valence-electron chi connectivity index (χ3n) is 6.37. The van der Waals surface area contributed by atoms with Crippen LogP contribution < -0.4 is 11.3 Å². The molecule has 0 aliphatic carbocycles. The molecule has 4 rings (SSSR count). The highest BCUT2D eigenvalue weighted by Crippen LogP contribution is 2.25. The lowest BCUT2D eigenvalue weighted by Gasteiger charge is -2.28. The van der Waals surface area contributed by atoms with Crippen molar-refractivity contribution < 1.29 is 23.9 Å². The smallest absolute Gasteiger partial charge is 0.326 e. The number of hydrazine groups is 1. The van der Waals surface area contributed by atoms with Gasteiger partial charge in [0.2, 0.25) is 0 Å². The fourth-order valence-electron chi connectivity index (χ4n) is 4.20. The van der Waals surface area contributed by atoms with Crippen molar-refractivity contribution in [1.82, 2.24) is 20.3 Å². The monoisotopic (exact) mass is 553 g/mol. The minimum atomic E-state index is -1.14. The number of rotatable bonds is 7. The summed E-state index contributed by atoms with van der Waals surface area (Å²) in [5.41, 5.74) is 5.10. The number of carbonyl (C=O) groups is 3. The van der Waals surface area contributed by atoms with Crippen LogP contribution in [0.15, 0.2) is 67.0 Å². The summed E-state index contributed by atoms with van der Waals surface area (Å²) in [5, 5.41) is 9.96. The van der Waals surface area contributed by atoms with Gasteiger partial charge in [0.05, 0.1) is 22.3 Å². The predicted molar refractivity (Wildman–Crippen MR) is 152 cm³/mol. The van der Waals surface area contributed by atoms with Gasteiger partial charge in [-0.1, -0.05) is 37.8 Å². The number of aliphatic carboxylic acids is 1. The molecule has 4 aromatic rings. The van der Waals surface area contributed by atoms with Gasteiger partial charge >= 0.3 is 5.97 Å². The van der Waals surface area contributed by atoms with Crippen molar-refractivity contribution in [2.24, 2.45) is 11.8 Å². The summed E-state index contributed by atoms with van der Waals surface area (Å²) < 4.78 is 14.9. The van der Waals surface area contributed by atoms with E-state index in [1.807, 2.05) is 13.8 Å². The first-order chi connectivity index (χ1) is 19.6. The van der Waals surface area contributed by atoms with Gasteiger partial charge in [-0.15, -0.1) is 0 Å². The van der Waals surface area contributed by atoms with Crippen molar-refractivity contribution in [1.29, 1.82) is 0 Å². The van der Waals surface area contributed by atoms with E-state index in [2.05, 4.69) is 27.2 Å². The first kappa shape index (κ1) is 28.9. The van der Waals surface area contributed by atoms with Crippen molar-refractivity contribution in [3.05, 3.63) is 95.1 Å². The van der Waals surface area contributed by atoms with Gasteiger partial charge in [0.15, 0.2) is 0 Å². The van der Waals surface area contributed by atoms with E-state index in [-0.39, 0.29) is 23.6 Å². The molecule has 1 unspecified atom stereocenters. The fraction of sp³-hybridized carbons (Fsp3) is 0.194. The van der Waals surface area contributed by atoms with Gasteiger partial charge in [0.1, 0.15) is 11.9 Å². The number of benzene rings is 2. The van der Waals surface area contributed by atoms with Gasteiger partial charge in [0.25, 0.3) is 11.8 Å². The number of carboxylic acid groups (broad SMARTS) is 1. The molecular weight excluding hydrogens is 525 g/mol. The Labute approximate surface area is 236 Å². The van der Waals surface area contributed by atoms with Gasteiger partial charge in [-0.25, -0.2) is 20.0 Å². The molecule has 0 aliphatic heterocycles. The largest absolute Gasteiger partial charge is 0.480 e. The first-order valence-corrected chi connectivity index (χ1v) is 12.8. The second-order valence-corrected chi connectivity index (χ2v) is 9.81. The summed E-state index contributed by atoms with van der Waals surface area (Å²) in [5.74, 6) is 8.22. The van der Waals surface area contributed by atoms with Crippen molar-refractivity contribution in [2.45, 2.75) is 26.8 Å². The highest BCUT2D eigenvalue weighted by Gasteiger charge is 2.27. The Morgan fingerprint density at radius 1 is 1.05 bits per heavy atom. The summed E-state index contributed by atoms with van der Waals surface area (Å²) in [6.07, 6.45) is 3.14. The van der Waals surface area contributed by atoms with Crippen LogP contribution in [-0.2, 0) is 4.79 Å². The van der Waals surface area contributed by atoms with Gasteiger partial charge < -0.3 is 10.0 Å². The average Bonchev–Trinajstić information content (AvgIpc) is 2.97. The van der Waals surface area contributed by atoms with Crippen LogP contribution in [0.2, 0.25) is 0 Å². The molecule has 4 N–H and O–H groups in total. The van der Waals surface area contributed by atoms with E-state index >= 15 is 0 Å². The molecule has 0 saturated heterocycles. The van der Waals surface area contributed by atoms with Crippen molar-refractivity contribution in [2.75, 3.05) is 6.54 Å². The normalized spacial score (nSPS) is 11.5. The van der Waals surface area contributed by atoms with Crippen LogP contribution in [0.3, 0.4) is 0 Å². The zero-order valence-corrected chi connectivity index (χ0v) is 22.7. The number of hydrogen-bond donors (Lipinski definition) is 3. The summed E-state index contributed by atoms with van der Waals surface area (Å²) in [6, 6.07) is 13.3. The molecule has 1 atom stereocenters. The molecule has 0 aliphatic rings. The molecule has 41 heavy (non-hydrogen) atoms. The maximum Gasteiger partial charge on any atom is 0.326 e. The molecule has 2 aromatic heterocycles. The number of nitrogen functional groups attached to an aromatic ring is 1. The molecule has 0 bridgehead atoms. The van der Waals surface area contributed by atoms with Crippen LogP contribution in [0.25, 0.3) is 22.2 Å². The van der Waals surface area contributed by atoms with E-state index < -0.39 is 29.6 Å². The van der Waals surface area contributed by atoms with Crippen molar-refractivity contribution >= 4 is 28.7 Å². The molecule has 0 fully saturated rings. The molecule has 0 radical (unpaired) electrons. The van der Waals surface area contributed by atoms with Crippen LogP contribution in [-0.4, -0.2) is 50.3 Å². The molecule has 208 valence electrons. The number of fused-ring (bicyclic) bond motifs is 1. The van der Waals surface area contributed by atoms with Gasteiger partial charge in [-0.3, -0.25) is 20.0 Å². The summed E-state index contributed by atoms with van der Waals surface area (Å²) in [6.45, 7) is 5.38. The zero-order valence-electron chi connectivity index (χ0n) is 22.7. The summed E-state index contributed by atoms with van der Waals surface area (Å²) in [4.78, 5) is 46.7. The number of carbonyl (C=O) groups excluding carboxylic acids is 2. The van der Waals surface area contributed by atoms with Crippen molar-refractivity contribution in [3.63, 3.8) is 0 Å². The summed E-state index contributed by atoms with van der Waals surface area (Å²) in [7, 11) is 0. The number of nitrogens with two attached hydrogens (primary N) is 1. The second-order valence-electron chi connectivity index (χ2n) is 9.81. The molecule has 10 heteroatoms. The Balaban J connectivity index is 1.57. The Kier molecular flexibility index (Phi) is 8.70. The third-order valence-corrected chi connectivity index (χ3v) is 6.37. The number of amides is 2. The molecule has 9 nitrogen and oxygen atoms in total. The standard InChI is InChI=1S/C31H28FN5O4/c1-18(2)17-37(19(3)31(40)41)30(39)23-11-10-21(26(32)14-23)7-4-20-5-8-22(9-6-20)28-15-24(29(38)36-33)25-16-34-13-12-27(25)35-28/h5-6,8-16,18-19H,17,33H2,1-3H3,(H,36,38)(H,40,41). The second kappa shape index (κ2) is 12.4. The summed E-state index contributed by atoms with van der Waals surface area (Å²) >= 11 is 0. The number of nitrogens with zero attached hydrogens (tertiary/aromatic N) is 3. The number of pyridine rings is 2. The molecular formula is C31H28FN5O4. The van der Waals surface area contributed by atoms with E-state index in [1.54, 1.807) is 48.8 Å². The van der Waals surface area contributed by atoms with E-state index in [4.69, 9.17) is 5.84 Å². The van der Waals surface area contributed by atoms with E-state index in [0.29, 0.717) is 27.7 Å². The predicted octanol–water partition coefficient (Wildman–Crippen LogP) is 4.01. The Hall–Kier alpha value is -5.14. The SMILES string of the molecule is CC(C)CN(C(=O)c1ccc(C#Cc2ccc(-c3cc(C(=O)NN)c4cnccc4n3)cc2)c(F)c1)C(C)C(=O)O. The fourth-order valence-corrected chi connectivity index (χ4v) is 4.20. The van der Waals surface area contributed by atoms with E-state index in [0.717, 1.165) is 11.6 Å². The molecule has 2 aromatic carbocycles. The highest BCUT2D eigenvalue weighted by atomic mass is 19.1. The molecule has 0 spiro atoms. The van der Waals surface area contributed by atoms with Gasteiger partial charge in [-0.05, 0) is 55.3 Å². The number of aromatic nitrogens is 2. The minimum absolute atomic E-state index is 0.0314. The van der Waals surface area contributed by atoms with E-state index in [1.165, 1.54) is 24.0 Å². The quantitative estimate of drug-likeness (QED) is 0.136. The van der Waals surface area contributed by atoms with Gasteiger partial charge in [-0.2, -0.15) is 0 Å². The van der Waals surface area contributed by atoms with Gasteiger partial charge in [0, 0.05) is 41.0 Å². The van der Waals surface area contributed by atoms with Crippen LogP contribution in [0.4, 0.5) is 4.39 Å². The van der Waals surface area contributed by atoms with Crippen LogP contribution in [0.5, 0.6) is 0 Å². The van der Waals surface area contributed by atoms with Crippen molar-refractivity contribution in [3.8, 4) is 23.1 Å².